The van der Waals surface area contributed by atoms with Gasteiger partial charge in [-0.15, -0.1) is 0 Å². The van der Waals surface area contributed by atoms with E-state index in [9.17, 15) is 5.11 Å². The zero-order valence-corrected chi connectivity index (χ0v) is 12.0. The van der Waals surface area contributed by atoms with E-state index in [0.29, 0.717) is 0 Å². The molecule has 2 aromatic carbocycles. The van der Waals surface area contributed by atoms with Gasteiger partial charge in [0.15, 0.2) is 0 Å². The first-order valence-electron chi connectivity index (χ1n) is 7.02. The second-order valence-corrected chi connectivity index (χ2v) is 6.12. The van der Waals surface area contributed by atoms with Crippen LogP contribution in [0.3, 0.4) is 0 Å². The molecular formula is C18H16N2O. The van der Waals surface area contributed by atoms with E-state index in [4.69, 9.17) is 5.73 Å². The van der Waals surface area contributed by atoms with E-state index in [2.05, 4.69) is 24.9 Å². The van der Waals surface area contributed by atoms with E-state index >= 15 is 0 Å². The van der Waals surface area contributed by atoms with E-state index in [0.717, 1.165) is 38.8 Å². The van der Waals surface area contributed by atoms with Crippen LogP contribution in [0.2, 0.25) is 0 Å². The van der Waals surface area contributed by atoms with Gasteiger partial charge < -0.3 is 10.8 Å². The molecule has 1 aromatic heterocycles. The van der Waals surface area contributed by atoms with Crippen molar-refractivity contribution in [2.45, 2.75) is 19.3 Å². The Hall–Kier alpha value is -2.55. The predicted octanol–water partition coefficient (Wildman–Crippen LogP) is 3.83. The Morgan fingerprint density at radius 2 is 1.86 bits per heavy atom. The number of nitrogens with zero attached hydrogens (tertiary/aromatic N) is 1. The number of aromatic hydroxyl groups is 1. The summed E-state index contributed by atoms with van der Waals surface area (Å²) in [7, 11) is 0. The number of fused-ring (bicyclic) bond motifs is 5. The van der Waals surface area contributed by atoms with Crippen molar-refractivity contribution in [2.75, 3.05) is 5.73 Å². The number of nitrogen functional groups attached to an aromatic ring is 1. The molecule has 1 aliphatic carbocycles. The van der Waals surface area contributed by atoms with Crippen LogP contribution in [0.5, 0.6) is 5.75 Å². The number of phenols is 1. The maximum absolute atomic E-state index is 10.5. The molecule has 0 amide bonds. The van der Waals surface area contributed by atoms with Gasteiger partial charge in [-0.25, -0.2) is 0 Å². The number of phenolic OH excluding ortho intramolecular Hbond substituents is 1. The quantitative estimate of drug-likeness (QED) is 0.656. The third-order valence-corrected chi connectivity index (χ3v) is 4.50. The maximum atomic E-state index is 10.5. The molecule has 104 valence electrons. The van der Waals surface area contributed by atoms with Crippen molar-refractivity contribution in [3.8, 4) is 17.0 Å². The lowest BCUT2D eigenvalue weighted by molar-refractivity contribution is 0.477. The third-order valence-electron chi connectivity index (χ3n) is 4.50. The summed E-state index contributed by atoms with van der Waals surface area (Å²) in [6.07, 6.45) is 1.70. The molecule has 1 heterocycles. The van der Waals surface area contributed by atoms with Crippen molar-refractivity contribution in [2.24, 2.45) is 0 Å². The van der Waals surface area contributed by atoms with Crippen LogP contribution in [0, 0.1) is 0 Å². The minimum Gasteiger partial charge on any atom is -0.507 e. The lowest BCUT2D eigenvalue weighted by atomic mass is 9.79. The number of aromatic nitrogens is 1. The standard InChI is InChI=1S/C18H16N2O/c1-18(2)15-11-6-4-3-5-10(11)9-13(21)14(15)17-16(18)12(19)7-8-20-17/h3-9,21H,1-2H3,(H2,19,20). The number of nitrogens with two attached hydrogens (primary N) is 1. The predicted molar refractivity (Wildman–Crippen MR) is 85.4 cm³/mol. The summed E-state index contributed by atoms with van der Waals surface area (Å²) in [5, 5.41) is 12.7. The Morgan fingerprint density at radius 3 is 2.67 bits per heavy atom. The van der Waals surface area contributed by atoms with E-state index in [1.165, 1.54) is 0 Å². The summed E-state index contributed by atoms with van der Waals surface area (Å²) in [5.41, 5.74) is 10.4. The molecule has 4 rings (SSSR count). The van der Waals surface area contributed by atoms with Gasteiger partial charge in [-0.3, -0.25) is 4.98 Å². The lowest BCUT2D eigenvalue weighted by Gasteiger charge is -2.24. The van der Waals surface area contributed by atoms with Gasteiger partial charge in [-0.1, -0.05) is 38.1 Å². The fourth-order valence-electron chi connectivity index (χ4n) is 3.67. The number of benzene rings is 2. The third kappa shape index (κ3) is 1.40. The van der Waals surface area contributed by atoms with Crippen LogP contribution in [0.15, 0.2) is 42.6 Å². The van der Waals surface area contributed by atoms with E-state index in [-0.39, 0.29) is 11.2 Å². The Morgan fingerprint density at radius 1 is 1.10 bits per heavy atom. The molecule has 21 heavy (non-hydrogen) atoms. The first-order valence-corrected chi connectivity index (χ1v) is 7.02. The molecule has 3 aromatic rings. The van der Waals surface area contributed by atoms with Crippen molar-refractivity contribution in [1.82, 2.24) is 4.98 Å². The van der Waals surface area contributed by atoms with Gasteiger partial charge in [0.2, 0.25) is 0 Å². The van der Waals surface area contributed by atoms with Crippen LogP contribution >= 0.6 is 0 Å². The molecule has 0 radical (unpaired) electrons. The number of pyridine rings is 1. The maximum Gasteiger partial charge on any atom is 0.125 e. The second kappa shape index (κ2) is 3.76. The summed E-state index contributed by atoms with van der Waals surface area (Å²) >= 11 is 0. The van der Waals surface area contributed by atoms with Crippen LogP contribution in [0.4, 0.5) is 5.69 Å². The van der Waals surface area contributed by atoms with Crippen LogP contribution in [-0.4, -0.2) is 10.1 Å². The lowest BCUT2D eigenvalue weighted by Crippen LogP contribution is -2.17. The molecule has 0 spiro atoms. The first kappa shape index (κ1) is 12.2. The van der Waals surface area contributed by atoms with Crippen LogP contribution in [-0.2, 0) is 5.41 Å². The minimum atomic E-state index is -0.276. The highest BCUT2D eigenvalue weighted by Gasteiger charge is 2.41. The number of rotatable bonds is 0. The van der Waals surface area contributed by atoms with Gasteiger partial charge in [0.25, 0.3) is 0 Å². The molecule has 0 atom stereocenters. The summed E-state index contributed by atoms with van der Waals surface area (Å²) in [6, 6.07) is 11.8. The zero-order chi connectivity index (χ0) is 14.8. The van der Waals surface area contributed by atoms with Crippen LogP contribution < -0.4 is 5.73 Å². The smallest absolute Gasteiger partial charge is 0.125 e. The van der Waals surface area contributed by atoms with E-state index < -0.39 is 0 Å². The molecule has 0 bridgehead atoms. The number of anilines is 1. The van der Waals surface area contributed by atoms with Crippen molar-refractivity contribution >= 4 is 16.5 Å². The zero-order valence-electron chi connectivity index (χ0n) is 12.0. The van der Waals surface area contributed by atoms with E-state index in [1.807, 2.05) is 30.3 Å². The van der Waals surface area contributed by atoms with Gasteiger partial charge >= 0.3 is 0 Å². The van der Waals surface area contributed by atoms with Gasteiger partial charge in [-0.2, -0.15) is 0 Å². The monoisotopic (exact) mass is 276 g/mol. The topological polar surface area (TPSA) is 59.1 Å². The summed E-state index contributed by atoms with van der Waals surface area (Å²) in [6.45, 7) is 4.28. The highest BCUT2D eigenvalue weighted by atomic mass is 16.3. The highest BCUT2D eigenvalue weighted by molar-refractivity contribution is 6.00. The SMILES string of the molecule is CC1(C)c2c(N)ccnc2-c2c(O)cc3ccccc3c21. The Balaban J connectivity index is 2.25. The number of hydrogen-bond acceptors (Lipinski definition) is 3. The molecule has 0 saturated carbocycles. The average molecular weight is 276 g/mol. The summed E-state index contributed by atoms with van der Waals surface area (Å²) in [4.78, 5) is 4.48. The fraction of sp³-hybridized carbons (Fsp3) is 0.167. The molecular weight excluding hydrogens is 260 g/mol. The van der Waals surface area contributed by atoms with Crippen molar-refractivity contribution in [1.29, 1.82) is 0 Å². The van der Waals surface area contributed by atoms with E-state index in [1.54, 1.807) is 6.20 Å². The van der Waals surface area contributed by atoms with Crippen molar-refractivity contribution in [3.63, 3.8) is 0 Å². The Labute approximate surface area is 123 Å². The molecule has 1 aliphatic rings. The summed E-state index contributed by atoms with van der Waals surface area (Å²) in [5.74, 6) is 0.272. The van der Waals surface area contributed by atoms with Gasteiger partial charge in [0.1, 0.15) is 5.75 Å². The molecule has 0 fully saturated rings. The molecule has 3 N–H and O–H groups in total. The van der Waals surface area contributed by atoms with Gasteiger partial charge in [0.05, 0.1) is 5.69 Å². The normalized spacial score (nSPS) is 15.0. The number of hydrogen-bond donors (Lipinski definition) is 2. The van der Waals surface area contributed by atoms with Crippen LogP contribution in [0.1, 0.15) is 25.0 Å². The molecule has 0 unspecified atom stereocenters. The van der Waals surface area contributed by atoms with Crippen molar-refractivity contribution < 1.29 is 5.11 Å². The van der Waals surface area contributed by atoms with Crippen molar-refractivity contribution in [3.05, 3.63) is 53.7 Å². The fourth-order valence-corrected chi connectivity index (χ4v) is 3.67. The minimum absolute atomic E-state index is 0.272. The molecule has 0 saturated heterocycles. The summed E-state index contributed by atoms with van der Waals surface area (Å²) < 4.78 is 0. The molecule has 3 nitrogen and oxygen atoms in total. The second-order valence-electron chi connectivity index (χ2n) is 6.12. The Bertz CT molecular complexity index is 897. The molecule has 3 heteroatoms. The Kier molecular flexibility index (Phi) is 2.18. The highest BCUT2D eigenvalue weighted by Crippen LogP contribution is 2.55. The largest absolute Gasteiger partial charge is 0.507 e. The average Bonchev–Trinajstić information content (AvgIpc) is 2.69. The van der Waals surface area contributed by atoms with Gasteiger partial charge in [0, 0.05) is 28.4 Å². The molecule has 0 aliphatic heterocycles. The van der Waals surface area contributed by atoms with Crippen LogP contribution in [0.25, 0.3) is 22.0 Å². The van der Waals surface area contributed by atoms with Gasteiger partial charge in [-0.05, 0) is 28.5 Å². The first-order chi connectivity index (χ1) is 10.0.